The summed E-state index contributed by atoms with van der Waals surface area (Å²) in [5, 5.41) is 0.798. The molecule has 9 heteroatoms. The zero-order chi connectivity index (χ0) is 21.0. The molecule has 0 radical (unpaired) electrons. The third-order valence-electron chi connectivity index (χ3n) is 4.63. The number of hydrogen-bond donors (Lipinski definition) is 0. The lowest BCUT2D eigenvalue weighted by molar-refractivity contribution is -0.127. The van der Waals surface area contributed by atoms with Gasteiger partial charge in [0, 0.05) is 32.3 Å². The normalized spacial score (nSPS) is 15.6. The highest BCUT2D eigenvalue weighted by Gasteiger charge is 2.29. The van der Waals surface area contributed by atoms with Gasteiger partial charge in [0.2, 0.25) is 15.9 Å². The van der Waals surface area contributed by atoms with Crippen LogP contribution in [0.2, 0.25) is 10.0 Å². The molecule has 0 bridgehead atoms. The Bertz CT molecular complexity index is 1020. The lowest BCUT2D eigenvalue weighted by Crippen LogP contribution is -2.50. The highest BCUT2D eigenvalue weighted by atomic mass is 35.5. The third-order valence-corrected chi connectivity index (χ3v) is 7.38. The summed E-state index contributed by atoms with van der Waals surface area (Å²) in [6, 6.07) is 11.4. The first-order chi connectivity index (χ1) is 13.8. The van der Waals surface area contributed by atoms with Crippen LogP contribution in [-0.2, 0) is 14.8 Å². The van der Waals surface area contributed by atoms with Gasteiger partial charge in [0.25, 0.3) is 0 Å². The summed E-state index contributed by atoms with van der Waals surface area (Å²) >= 11 is 12.1. The maximum absolute atomic E-state index is 12.8. The van der Waals surface area contributed by atoms with Gasteiger partial charge >= 0.3 is 0 Å². The molecule has 6 nitrogen and oxygen atoms in total. The molecule has 2 aromatic carbocycles. The predicted octanol–water partition coefficient (Wildman–Crippen LogP) is 3.55. The molecule has 1 amide bonds. The fourth-order valence-electron chi connectivity index (χ4n) is 2.96. The third kappa shape index (κ3) is 4.93. The van der Waals surface area contributed by atoms with E-state index in [9.17, 15) is 13.2 Å². The van der Waals surface area contributed by atoms with Crippen LogP contribution < -0.4 is 4.74 Å². The summed E-state index contributed by atoms with van der Waals surface area (Å²) in [5.41, 5.74) is 0.647. The van der Waals surface area contributed by atoms with Crippen LogP contribution in [0.5, 0.6) is 5.75 Å². The summed E-state index contributed by atoms with van der Waals surface area (Å²) in [7, 11) is -2.09. The van der Waals surface area contributed by atoms with Gasteiger partial charge in [-0.15, -0.1) is 0 Å². The van der Waals surface area contributed by atoms with E-state index in [0.717, 1.165) is 0 Å². The van der Waals surface area contributed by atoms with E-state index < -0.39 is 10.0 Å². The van der Waals surface area contributed by atoms with Crippen LogP contribution >= 0.6 is 23.2 Å². The van der Waals surface area contributed by atoms with Crippen LogP contribution in [-0.4, -0.2) is 56.8 Å². The Morgan fingerprint density at radius 1 is 1.03 bits per heavy atom. The molecule has 0 atom stereocenters. The SMILES string of the molecule is COc1ccc(S(=O)(=O)N2CCN(C(=O)/C=C/c3cccc(Cl)c3Cl)CC2)cc1. The van der Waals surface area contributed by atoms with Crippen molar-refractivity contribution in [2.24, 2.45) is 0 Å². The van der Waals surface area contributed by atoms with Gasteiger partial charge in [0.15, 0.2) is 0 Å². The number of rotatable bonds is 5. The second kappa shape index (κ2) is 9.17. The van der Waals surface area contributed by atoms with Gasteiger partial charge in [-0.25, -0.2) is 8.42 Å². The fraction of sp³-hybridized carbons (Fsp3) is 0.250. The second-order valence-corrected chi connectivity index (χ2v) is 9.10. The molecule has 0 aromatic heterocycles. The van der Waals surface area contributed by atoms with Crippen molar-refractivity contribution >= 4 is 45.2 Å². The average Bonchev–Trinajstić information content (AvgIpc) is 2.74. The van der Waals surface area contributed by atoms with Gasteiger partial charge in [-0.2, -0.15) is 4.31 Å². The first-order valence-corrected chi connectivity index (χ1v) is 11.1. The summed E-state index contributed by atoms with van der Waals surface area (Å²) < 4.78 is 32.0. The Hall–Kier alpha value is -2.06. The van der Waals surface area contributed by atoms with Crippen molar-refractivity contribution < 1.29 is 17.9 Å². The van der Waals surface area contributed by atoms with E-state index in [0.29, 0.717) is 34.4 Å². The molecular formula is C20H20Cl2N2O4S. The number of amides is 1. The Balaban J connectivity index is 1.62. The van der Waals surface area contributed by atoms with Crippen molar-refractivity contribution in [2.45, 2.75) is 4.90 Å². The van der Waals surface area contributed by atoms with Crippen LogP contribution in [0, 0.1) is 0 Å². The average molecular weight is 455 g/mol. The highest BCUT2D eigenvalue weighted by Crippen LogP contribution is 2.26. The van der Waals surface area contributed by atoms with Crippen LogP contribution in [0.25, 0.3) is 6.08 Å². The molecule has 1 heterocycles. The summed E-state index contributed by atoms with van der Waals surface area (Å²) in [6.07, 6.45) is 3.03. The number of nitrogens with zero attached hydrogens (tertiary/aromatic N) is 2. The first-order valence-electron chi connectivity index (χ1n) is 8.88. The summed E-state index contributed by atoms with van der Waals surface area (Å²) in [5.74, 6) is 0.383. The lowest BCUT2D eigenvalue weighted by Gasteiger charge is -2.33. The minimum atomic E-state index is -3.61. The van der Waals surface area contributed by atoms with E-state index in [2.05, 4.69) is 0 Å². The monoisotopic (exact) mass is 454 g/mol. The van der Waals surface area contributed by atoms with Crippen LogP contribution in [0.4, 0.5) is 0 Å². The van der Waals surface area contributed by atoms with E-state index in [1.807, 2.05) is 0 Å². The van der Waals surface area contributed by atoms with E-state index in [-0.39, 0.29) is 23.9 Å². The molecular weight excluding hydrogens is 435 g/mol. The van der Waals surface area contributed by atoms with Crippen molar-refractivity contribution in [3.63, 3.8) is 0 Å². The van der Waals surface area contributed by atoms with Crippen LogP contribution in [0.1, 0.15) is 5.56 Å². The predicted molar refractivity (Wildman–Crippen MR) is 114 cm³/mol. The van der Waals surface area contributed by atoms with Crippen LogP contribution in [0.3, 0.4) is 0 Å². The molecule has 3 rings (SSSR count). The quantitative estimate of drug-likeness (QED) is 0.647. The van der Waals surface area contributed by atoms with Gasteiger partial charge in [-0.3, -0.25) is 4.79 Å². The Kier molecular flexibility index (Phi) is 6.85. The number of carbonyl (C=O) groups excluding carboxylic acids is 1. The Morgan fingerprint density at radius 3 is 2.31 bits per heavy atom. The number of benzene rings is 2. The molecule has 0 unspecified atom stereocenters. The van der Waals surface area contributed by atoms with Crippen molar-refractivity contribution in [3.05, 3.63) is 64.1 Å². The van der Waals surface area contributed by atoms with Crippen molar-refractivity contribution in [3.8, 4) is 5.75 Å². The zero-order valence-corrected chi connectivity index (χ0v) is 18.0. The number of piperazine rings is 1. The Labute approximate surface area is 180 Å². The number of sulfonamides is 1. The maximum atomic E-state index is 12.8. The van der Waals surface area contributed by atoms with E-state index in [1.54, 1.807) is 41.3 Å². The van der Waals surface area contributed by atoms with Gasteiger partial charge in [0.05, 0.1) is 22.1 Å². The van der Waals surface area contributed by atoms with E-state index >= 15 is 0 Å². The largest absolute Gasteiger partial charge is 0.497 e. The minimum absolute atomic E-state index is 0.202. The van der Waals surface area contributed by atoms with Crippen molar-refractivity contribution in [1.82, 2.24) is 9.21 Å². The molecule has 0 spiro atoms. The lowest BCUT2D eigenvalue weighted by atomic mass is 10.2. The number of ether oxygens (including phenoxy) is 1. The van der Waals surface area contributed by atoms with Gasteiger partial charge in [0.1, 0.15) is 5.75 Å². The topological polar surface area (TPSA) is 66.9 Å². The van der Waals surface area contributed by atoms with E-state index in [1.165, 1.54) is 29.6 Å². The molecule has 1 fully saturated rings. The van der Waals surface area contributed by atoms with Gasteiger partial charge in [-0.1, -0.05) is 35.3 Å². The molecule has 1 saturated heterocycles. The molecule has 154 valence electrons. The number of carbonyl (C=O) groups is 1. The first kappa shape index (κ1) is 21.6. The molecule has 0 saturated carbocycles. The molecule has 0 N–H and O–H groups in total. The molecule has 29 heavy (non-hydrogen) atoms. The number of hydrogen-bond acceptors (Lipinski definition) is 4. The van der Waals surface area contributed by atoms with Crippen molar-refractivity contribution in [2.75, 3.05) is 33.3 Å². The van der Waals surface area contributed by atoms with Gasteiger partial charge in [-0.05, 0) is 42.0 Å². The maximum Gasteiger partial charge on any atom is 0.246 e. The molecule has 2 aromatic rings. The van der Waals surface area contributed by atoms with Gasteiger partial charge < -0.3 is 9.64 Å². The minimum Gasteiger partial charge on any atom is -0.497 e. The standard InChI is InChI=1S/C20H20Cl2N2O4S/c1-28-16-6-8-17(9-7-16)29(26,27)24-13-11-23(12-14-24)19(25)10-5-15-3-2-4-18(21)20(15)22/h2-10H,11-14H2,1H3/b10-5+. The zero-order valence-electron chi connectivity index (χ0n) is 15.7. The second-order valence-electron chi connectivity index (χ2n) is 6.38. The highest BCUT2D eigenvalue weighted by molar-refractivity contribution is 7.89. The molecule has 1 aliphatic heterocycles. The van der Waals surface area contributed by atoms with Crippen molar-refractivity contribution in [1.29, 1.82) is 0 Å². The summed E-state index contributed by atoms with van der Waals surface area (Å²) in [4.78, 5) is 14.3. The number of halogens is 2. The molecule has 1 aliphatic rings. The Morgan fingerprint density at radius 2 is 1.69 bits per heavy atom. The smallest absolute Gasteiger partial charge is 0.246 e. The van der Waals surface area contributed by atoms with Crippen LogP contribution in [0.15, 0.2) is 53.4 Å². The van der Waals surface area contributed by atoms with E-state index in [4.69, 9.17) is 27.9 Å². The summed E-state index contributed by atoms with van der Waals surface area (Å²) in [6.45, 7) is 1.07. The molecule has 0 aliphatic carbocycles. The number of methoxy groups -OCH3 is 1. The fourth-order valence-corrected chi connectivity index (χ4v) is 4.75.